The van der Waals surface area contributed by atoms with Crippen LogP contribution in [0.5, 0.6) is 11.5 Å². The van der Waals surface area contributed by atoms with E-state index < -0.39 is 0 Å². The van der Waals surface area contributed by atoms with E-state index in [4.69, 9.17) is 10.5 Å². The van der Waals surface area contributed by atoms with Gasteiger partial charge in [-0.15, -0.1) is 15.0 Å². The molecule has 0 fully saturated rings. The maximum atomic E-state index is 5.71. The first kappa shape index (κ1) is 12.3. The predicted molar refractivity (Wildman–Crippen MR) is 73.6 cm³/mol. The van der Waals surface area contributed by atoms with Crippen LogP contribution in [-0.4, -0.2) is 20.2 Å². The van der Waals surface area contributed by atoms with Gasteiger partial charge in [0.05, 0.1) is 12.2 Å². The van der Waals surface area contributed by atoms with Crippen molar-refractivity contribution in [1.82, 2.24) is 20.2 Å². The molecule has 0 radical (unpaired) electrons. The fourth-order valence-electron chi connectivity index (χ4n) is 1.71. The highest BCUT2D eigenvalue weighted by Crippen LogP contribution is 2.21. The molecule has 100 valence electrons. The summed E-state index contributed by atoms with van der Waals surface area (Å²) >= 11 is 0. The van der Waals surface area contributed by atoms with Crippen molar-refractivity contribution in [2.75, 3.05) is 0 Å². The third-order valence-corrected chi connectivity index (χ3v) is 2.68. The molecule has 1 aromatic heterocycles. The SMILES string of the molecule is NCc1nnn(-c2ccc(Oc3ccccc3)cc2)n1. The summed E-state index contributed by atoms with van der Waals surface area (Å²) in [4.78, 5) is 1.44. The Kier molecular flexibility index (Phi) is 3.38. The standard InChI is InChI=1S/C14H13N5O/c15-10-14-16-18-19(17-14)11-6-8-13(9-7-11)20-12-4-2-1-3-5-12/h1-9H,10,15H2. The molecular weight excluding hydrogens is 254 g/mol. The molecule has 0 unspecified atom stereocenters. The van der Waals surface area contributed by atoms with Gasteiger partial charge >= 0.3 is 0 Å². The van der Waals surface area contributed by atoms with E-state index in [2.05, 4.69) is 15.4 Å². The van der Waals surface area contributed by atoms with Gasteiger partial charge in [0.25, 0.3) is 0 Å². The summed E-state index contributed by atoms with van der Waals surface area (Å²) in [5.74, 6) is 2.05. The van der Waals surface area contributed by atoms with Crippen molar-refractivity contribution in [3.63, 3.8) is 0 Å². The number of aromatic nitrogens is 4. The van der Waals surface area contributed by atoms with Gasteiger partial charge in [-0.25, -0.2) is 0 Å². The van der Waals surface area contributed by atoms with E-state index >= 15 is 0 Å². The zero-order chi connectivity index (χ0) is 13.8. The summed E-state index contributed by atoms with van der Waals surface area (Å²) in [7, 11) is 0. The molecule has 0 saturated carbocycles. The Labute approximate surface area is 115 Å². The van der Waals surface area contributed by atoms with Crippen LogP contribution >= 0.6 is 0 Å². The molecule has 20 heavy (non-hydrogen) atoms. The molecule has 0 bridgehead atoms. The summed E-state index contributed by atoms with van der Waals surface area (Å²) in [5.41, 5.74) is 6.26. The highest BCUT2D eigenvalue weighted by Gasteiger charge is 2.03. The molecule has 6 nitrogen and oxygen atoms in total. The smallest absolute Gasteiger partial charge is 0.188 e. The van der Waals surface area contributed by atoms with E-state index in [0.717, 1.165) is 17.2 Å². The zero-order valence-corrected chi connectivity index (χ0v) is 10.7. The van der Waals surface area contributed by atoms with Gasteiger partial charge in [-0.1, -0.05) is 18.2 Å². The maximum absolute atomic E-state index is 5.71. The lowest BCUT2D eigenvalue weighted by atomic mass is 10.3. The Morgan fingerprint density at radius 2 is 1.65 bits per heavy atom. The van der Waals surface area contributed by atoms with Crippen LogP contribution < -0.4 is 10.5 Å². The number of nitrogens with zero attached hydrogens (tertiary/aromatic N) is 4. The Morgan fingerprint density at radius 3 is 2.30 bits per heavy atom. The summed E-state index contributed by atoms with van der Waals surface area (Å²) in [6.07, 6.45) is 0. The normalized spacial score (nSPS) is 10.4. The van der Waals surface area contributed by atoms with E-state index in [1.54, 1.807) is 0 Å². The number of hydrogen-bond acceptors (Lipinski definition) is 5. The number of hydrogen-bond donors (Lipinski definition) is 1. The largest absolute Gasteiger partial charge is 0.457 e. The molecule has 0 aliphatic rings. The monoisotopic (exact) mass is 267 g/mol. The minimum Gasteiger partial charge on any atom is -0.457 e. The van der Waals surface area contributed by atoms with E-state index in [1.165, 1.54) is 4.80 Å². The predicted octanol–water partition coefficient (Wildman–Crippen LogP) is 1.91. The summed E-state index contributed by atoms with van der Waals surface area (Å²) in [6.45, 7) is 0.273. The molecule has 0 amide bonds. The van der Waals surface area contributed by atoms with Crippen molar-refractivity contribution in [3.05, 3.63) is 60.4 Å². The molecule has 0 spiro atoms. The Morgan fingerprint density at radius 1 is 0.950 bits per heavy atom. The molecule has 0 saturated heterocycles. The first-order chi connectivity index (χ1) is 9.85. The van der Waals surface area contributed by atoms with E-state index in [-0.39, 0.29) is 6.54 Å². The molecule has 0 aliphatic heterocycles. The van der Waals surface area contributed by atoms with Gasteiger partial charge in [0, 0.05) is 0 Å². The van der Waals surface area contributed by atoms with Crippen molar-refractivity contribution in [2.45, 2.75) is 6.54 Å². The molecule has 2 N–H and O–H groups in total. The second-order valence-electron chi connectivity index (χ2n) is 4.11. The van der Waals surface area contributed by atoms with Crippen LogP contribution in [0.1, 0.15) is 5.82 Å². The number of rotatable bonds is 4. The highest BCUT2D eigenvalue weighted by atomic mass is 16.5. The lowest BCUT2D eigenvalue weighted by Gasteiger charge is -2.05. The average Bonchev–Trinajstić information content (AvgIpc) is 2.98. The van der Waals surface area contributed by atoms with Gasteiger partial charge in [-0.05, 0) is 41.6 Å². The fourth-order valence-corrected chi connectivity index (χ4v) is 1.71. The van der Waals surface area contributed by atoms with Crippen LogP contribution in [0.25, 0.3) is 5.69 Å². The van der Waals surface area contributed by atoms with Crippen molar-refractivity contribution < 1.29 is 4.74 Å². The number of para-hydroxylation sites is 1. The van der Waals surface area contributed by atoms with Gasteiger partial charge in [0.1, 0.15) is 11.5 Å². The Hall–Kier alpha value is -2.73. The first-order valence-corrected chi connectivity index (χ1v) is 6.17. The number of benzene rings is 2. The second kappa shape index (κ2) is 5.50. The molecule has 3 aromatic rings. The van der Waals surface area contributed by atoms with Gasteiger partial charge in [0.2, 0.25) is 0 Å². The summed E-state index contributed by atoms with van der Waals surface area (Å²) < 4.78 is 5.71. The Balaban J connectivity index is 1.77. The van der Waals surface area contributed by atoms with Gasteiger partial charge < -0.3 is 10.5 Å². The van der Waals surface area contributed by atoms with Crippen molar-refractivity contribution in [3.8, 4) is 17.2 Å². The molecule has 3 rings (SSSR count). The first-order valence-electron chi connectivity index (χ1n) is 6.17. The van der Waals surface area contributed by atoms with Crippen LogP contribution in [0.2, 0.25) is 0 Å². The van der Waals surface area contributed by atoms with Crippen molar-refractivity contribution in [2.24, 2.45) is 5.73 Å². The Bertz CT molecular complexity index is 678. The van der Waals surface area contributed by atoms with Crippen LogP contribution in [0.15, 0.2) is 54.6 Å². The van der Waals surface area contributed by atoms with Crippen molar-refractivity contribution >= 4 is 0 Å². The van der Waals surface area contributed by atoms with Crippen molar-refractivity contribution in [1.29, 1.82) is 0 Å². The van der Waals surface area contributed by atoms with E-state index in [9.17, 15) is 0 Å². The topological polar surface area (TPSA) is 78.8 Å². The molecule has 2 aromatic carbocycles. The lowest BCUT2D eigenvalue weighted by Crippen LogP contribution is -2.01. The van der Waals surface area contributed by atoms with Crippen LogP contribution in [-0.2, 0) is 6.54 Å². The second-order valence-corrected chi connectivity index (χ2v) is 4.11. The van der Waals surface area contributed by atoms with E-state index in [0.29, 0.717) is 5.82 Å². The van der Waals surface area contributed by atoms with Gasteiger partial charge in [-0.2, -0.15) is 0 Å². The zero-order valence-electron chi connectivity index (χ0n) is 10.7. The highest BCUT2D eigenvalue weighted by molar-refractivity contribution is 5.38. The van der Waals surface area contributed by atoms with Crippen LogP contribution in [0.3, 0.4) is 0 Å². The lowest BCUT2D eigenvalue weighted by molar-refractivity contribution is 0.482. The summed E-state index contributed by atoms with van der Waals surface area (Å²) in [6, 6.07) is 17.0. The van der Waals surface area contributed by atoms with Crippen LogP contribution in [0, 0.1) is 0 Å². The summed E-state index contributed by atoms with van der Waals surface area (Å²) in [5, 5.41) is 11.9. The number of tetrazole rings is 1. The molecule has 1 heterocycles. The van der Waals surface area contributed by atoms with E-state index in [1.807, 2.05) is 54.6 Å². The minimum atomic E-state index is 0.273. The third kappa shape index (κ3) is 2.65. The average molecular weight is 267 g/mol. The molecular formula is C14H13N5O. The molecule has 0 atom stereocenters. The van der Waals surface area contributed by atoms with Gasteiger partial charge in [0.15, 0.2) is 5.82 Å². The van der Waals surface area contributed by atoms with Gasteiger partial charge in [-0.3, -0.25) is 0 Å². The fraction of sp³-hybridized carbons (Fsp3) is 0.0714. The number of nitrogens with two attached hydrogens (primary N) is 1. The molecule has 6 heteroatoms. The maximum Gasteiger partial charge on any atom is 0.188 e. The van der Waals surface area contributed by atoms with Crippen LogP contribution in [0.4, 0.5) is 0 Å². The quantitative estimate of drug-likeness (QED) is 0.781. The number of ether oxygens (including phenoxy) is 1. The minimum absolute atomic E-state index is 0.273. The third-order valence-electron chi connectivity index (χ3n) is 2.68. The molecule has 0 aliphatic carbocycles.